The predicted octanol–water partition coefficient (Wildman–Crippen LogP) is 2.56. The maximum Gasteiger partial charge on any atom is 0.0544 e. The first-order valence-corrected chi connectivity index (χ1v) is 5.83. The molecule has 1 aromatic heterocycles. The molecule has 84 valence electrons. The fraction of sp³-hybridized carbons (Fsp3) is 0.667. The second-order valence-corrected chi connectivity index (χ2v) is 3.79. The second kappa shape index (κ2) is 6.51. The van der Waals surface area contributed by atoms with Crippen LogP contribution in [0.5, 0.6) is 0 Å². The van der Waals surface area contributed by atoms with E-state index >= 15 is 0 Å². The van der Waals surface area contributed by atoms with Gasteiger partial charge in [0.2, 0.25) is 0 Å². The van der Waals surface area contributed by atoms with Crippen molar-refractivity contribution in [2.45, 2.75) is 39.7 Å². The summed E-state index contributed by atoms with van der Waals surface area (Å²) in [4.78, 5) is 0. The van der Waals surface area contributed by atoms with E-state index < -0.39 is 0 Å². The third kappa shape index (κ3) is 3.27. The van der Waals surface area contributed by atoms with Crippen molar-refractivity contribution >= 4 is 0 Å². The minimum Gasteiger partial charge on any atom is -0.310 e. The normalized spacial score (nSPS) is 13.1. The van der Waals surface area contributed by atoms with Gasteiger partial charge in [-0.05, 0) is 24.1 Å². The first-order chi connectivity index (χ1) is 7.33. The molecule has 0 radical (unpaired) electrons. The Kier molecular flexibility index (Phi) is 5.26. The van der Waals surface area contributed by atoms with Gasteiger partial charge >= 0.3 is 0 Å². The summed E-state index contributed by atoms with van der Waals surface area (Å²) in [5, 5.41) is 11.3. The highest BCUT2D eigenvalue weighted by Gasteiger charge is 2.19. The van der Waals surface area contributed by atoms with Gasteiger partial charge in [0.05, 0.1) is 6.20 Å². The van der Waals surface area contributed by atoms with Crippen LogP contribution >= 0.6 is 0 Å². The molecule has 0 aliphatic rings. The molecule has 0 fully saturated rings. The van der Waals surface area contributed by atoms with E-state index in [-0.39, 0.29) is 0 Å². The first kappa shape index (κ1) is 12.1. The summed E-state index contributed by atoms with van der Waals surface area (Å²) in [5.74, 6) is 0.675. The SMILES string of the molecule is CCNC(c1ccnnc1)C(CC)CC. The van der Waals surface area contributed by atoms with E-state index in [2.05, 4.69) is 42.4 Å². The van der Waals surface area contributed by atoms with Gasteiger partial charge in [-0.3, -0.25) is 0 Å². The molecular weight excluding hydrogens is 186 g/mol. The average Bonchev–Trinajstić information content (AvgIpc) is 2.30. The maximum absolute atomic E-state index is 3.95. The van der Waals surface area contributed by atoms with E-state index in [1.165, 1.54) is 18.4 Å². The molecule has 3 nitrogen and oxygen atoms in total. The lowest BCUT2D eigenvalue weighted by Gasteiger charge is -2.26. The lowest BCUT2D eigenvalue weighted by molar-refractivity contribution is 0.345. The minimum absolute atomic E-state index is 0.417. The molecule has 15 heavy (non-hydrogen) atoms. The smallest absolute Gasteiger partial charge is 0.0544 e. The lowest BCUT2D eigenvalue weighted by atomic mass is 9.90. The van der Waals surface area contributed by atoms with E-state index in [0.29, 0.717) is 12.0 Å². The Balaban J connectivity index is 2.81. The molecule has 0 saturated heterocycles. The van der Waals surface area contributed by atoms with E-state index in [9.17, 15) is 0 Å². The van der Waals surface area contributed by atoms with Crippen molar-refractivity contribution in [2.24, 2.45) is 5.92 Å². The molecule has 0 aliphatic carbocycles. The Morgan fingerprint density at radius 1 is 1.20 bits per heavy atom. The van der Waals surface area contributed by atoms with Crippen molar-refractivity contribution in [3.63, 3.8) is 0 Å². The highest BCUT2D eigenvalue weighted by atomic mass is 15.1. The van der Waals surface area contributed by atoms with E-state index in [4.69, 9.17) is 0 Å². The Bertz CT molecular complexity index is 257. The van der Waals surface area contributed by atoms with Crippen LogP contribution < -0.4 is 5.32 Å². The monoisotopic (exact) mass is 207 g/mol. The molecule has 0 aliphatic heterocycles. The minimum atomic E-state index is 0.417. The second-order valence-electron chi connectivity index (χ2n) is 3.79. The van der Waals surface area contributed by atoms with Gasteiger partial charge in [0.25, 0.3) is 0 Å². The van der Waals surface area contributed by atoms with Gasteiger partial charge in [0.1, 0.15) is 0 Å². The van der Waals surface area contributed by atoms with Crippen molar-refractivity contribution in [1.29, 1.82) is 0 Å². The molecule has 0 saturated carbocycles. The van der Waals surface area contributed by atoms with Crippen molar-refractivity contribution in [3.05, 3.63) is 24.0 Å². The molecule has 0 bridgehead atoms. The Morgan fingerprint density at radius 3 is 2.40 bits per heavy atom. The van der Waals surface area contributed by atoms with Crippen molar-refractivity contribution in [3.8, 4) is 0 Å². The lowest BCUT2D eigenvalue weighted by Crippen LogP contribution is -2.27. The van der Waals surface area contributed by atoms with Crippen LogP contribution in [0.3, 0.4) is 0 Å². The zero-order chi connectivity index (χ0) is 11.1. The largest absolute Gasteiger partial charge is 0.310 e. The molecule has 1 atom stereocenters. The van der Waals surface area contributed by atoms with Gasteiger partial charge in [-0.2, -0.15) is 10.2 Å². The van der Waals surface area contributed by atoms with E-state index in [1.807, 2.05) is 6.20 Å². The van der Waals surface area contributed by atoms with Crippen molar-refractivity contribution < 1.29 is 0 Å². The first-order valence-electron chi connectivity index (χ1n) is 5.83. The Hall–Kier alpha value is -0.960. The van der Waals surface area contributed by atoms with Crippen LogP contribution in [0, 0.1) is 5.92 Å². The van der Waals surface area contributed by atoms with Gasteiger partial charge in [-0.25, -0.2) is 0 Å². The fourth-order valence-corrected chi connectivity index (χ4v) is 2.02. The van der Waals surface area contributed by atoms with Gasteiger partial charge in [0, 0.05) is 12.2 Å². The van der Waals surface area contributed by atoms with E-state index in [0.717, 1.165) is 6.54 Å². The summed E-state index contributed by atoms with van der Waals surface area (Å²) >= 11 is 0. The topological polar surface area (TPSA) is 37.8 Å². The standard InChI is InChI=1S/C12H21N3/c1-4-10(5-2)12(13-6-3)11-7-8-14-15-9-11/h7-10,12-13H,4-6H2,1-3H3. The van der Waals surface area contributed by atoms with Crippen LogP contribution in [-0.2, 0) is 0 Å². The molecule has 1 unspecified atom stereocenters. The molecule has 0 aromatic carbocycles. The van der Waals surface area contributed by atoms with Gasteiger partial charge in [-0.15, -0.1) is 0 Å². The number of hydrogen-bond donors (Lipinski definition) is 1. The highest BCUT2D eigenvalue weighted by molar-refractivity contribution is 5.12. The summed E-state index contributed by atoms with van der Waals surface area (Å²) in [6.45, 7) is 7.62. The Morgan fingerprint density at radius 2 is 1.93 bits per heavy atom. The molecule has 3 heteroatoms. The Labute approximate surface area is 92.3 Å². The van der Waals surface area contributed by atoms with Crippen LogP contribution in [0.15, 0.2) is 18.5 Å². The number of hydrogen-bond acceptors (Lipinski definition) is 3. The van der Waals surface area contributed by atoms with Crippen molar-refractivity contribution in [2.75, 3.05) is 6.54 Å². The van der Waals surface area contributed by atoms with Crippen LogP contribution in [0.25, 0.3) is 0 Å². The summed E-state index contributed by atoms with van der Waals surface area (Å²) in [5.41, 5.74) is 1.25. The third-order valence-corrected chi connectivity index (χ3v) is 2.91. The molecule has 0 amide bonds. The number of nitrogens with zero attached hydrogens (tertiary/aromatic N) is 2. The van der Waals surface area contributed by atoms with Crippen LogP contribution in [0.1, 0.15) is 45.2 Å². The van der Waals surface area contributed by atoms with Crippen LogP contribution in [0.4, 0.5) is 0 Å². The zero-order valence-corrected chi connectivity index (χ0v) is 9.90. The quantitative estimate of drug-likeness (QED) is 0.779. The van der Waals surface area contributed by atoms with Gasteiger partial charge in [0.15, 0.2) is 0 Å². The molecule has 1 aromatic rings. The van der Waals surface area contributed by atoms with Crippen LogP contribution in [0.2, 0.25) is 0 Å². The van der Waals surface area contributed by atoms with Gasteiger partial charge in [-0.1, -0.05) is 33.6 Å². The molecule has 1 rings (SSSR count). The fourth-order valence-electron chi connectivity index (χ4n) is 2.02. The molecular formula is C12H21N3. The summed E-state index contributed by atoms with van der Waals surface area (Å²) < 4.78 is 0. The molecule has 1 heterocycles. The van der Waals surface area contributed by atoms with Crippen LogP contribution in [-0.4, -0.2) is 16.7 Å². The summed E-state index contributed by atoms with van der Waals surface area (Å²) in [6, 6.07) is 2.47. The summed E-state index contributed by atoms with van der Waals surface area (Å²) in [7, 11) is 0. The predicted molar refractivity (Wildman–Crippen MR) is 62.5 cm³/mol. The molecule has 1 N–H and O–H groups in total. The van der Waals surface area contributed by atoms with Crippen molar-refractivity contribution in [1.82, 2.24) is 15.5 Å². The zero-order valence-electron chi connectivity index (χ0n) is 9.90. The number of rotatable bonds is 6. The van der Waals surface area contributed by atoms with E-state index in [1.54, 1.807) is 6.20 Å². The summed E-state index contributed by atoms with van der Waals surface area (Å²) in [6.07, 6.45) is 6.01. The maximum atomic E-state index is 3.95. The highest BCUT2D eigenvalue weighted by Crippen LogP contribution is 2.26. The average molecular weight is 207 g/mol. The molecule has 0 spiro atoms. The van der Waals surface area contributed by atoms with Gasteiger partial charge < -0.3 is 5.32 Å². The third-order valence-electron chi connectivity index (χ3n) is 2.91. The number of nitrogens with one attached hydrogen (secondary N) is 1. The number of aromatic nitrogens is 2.